The Kier molecular flexibility index (Phi) is 2.56. The van der Waals surface area contributed by atoms with Crippen molar-refractivity contribution in [1.29, 1.82) is 0 Å². The third-order valence-corrected chi connectivity index (χ3v) is 1.08. The summed E-state index contributed by atoms with van der Waals surface area (Å²) in [6.07, 6.45) is 3.52. The molecule has 0 saturated heterocycles. The summed E-state index contributed by atoms with van der Waals surface area (Å²) in [6, 6.07) is 9.68. The predicted molar refractivity (Wildman–Crippen MR) is 41.9 cm³/mol. The predicted octanol–water partition coefficient (Wildman–Crippen LogP) is 2.60. The van der Waals surface area contributed by atoms with Crippen LogP contribution in [0.2, 0.25) is 0 Å². The molecule has 0 aliphatic heterocycles. The molecule has 0 unspecified atom stereocenters. The van der Waals surface area contributed by atoms with Crippen molar-refractivity contribution in [2.45, 2.75) is 6.92 Å². The summed E-state index contributed by atoms with van der Waals surface area (Å²) in [5.74, 6) is 0.876. The lowest BCUT2D eigenvalue weighted by atomic mass is 10.3. The van der Waals surface area contributed by atoms with Crippen molar-refractivity contribution >= 4 is 0 Å². The smallest absolute Gasteiger partial charge is 0.126 e. The molecule has 52 valence electrons. The van der Waals surface area contributed by atoms with Gasteiger partial charge in [0.05, 0.1) is 6.26 Å². The van der Waals surface area contributed by atoms with Gasteiger partial charge in [-0.05, 0) is 19.1 Å². The Morgan fingerprint density at radius 3 is 2.50 bits per heavy atom. The van der Waals surface area contributed by atoms with Crippen molar-refractivity contribution in [1.82, 2.24) is 0 Å². The van der Waals surface area contributed by atoms with Gasteiger partial charge in [0.15, 0.2) is 0 Å². The molecule has 1 aromatic rings. The molecule has 0 fully saturated rings. The van der Waals surface area contributed by atoms with Gasteiger partial charge in [0, 0.05) is 0 Å². The molecule has 0 amide bonds. The highest BCUT2D eigenvalue weighted by molar-refractivity contribution is 5.21. The molecule has 0 bridgehead atoms. The van der Waals surface area contributed by atoms with E-state index in [1.165, 1.54) is 0 Å². The molecule has 0 saturated carbocycles. The van der Waals surface area contributed by atoms with Gasteiger partial charge in [-0.3, -0.25) is 0 Å². The molecule has 0 aromatic heterocycles. The van der Waals surface area contributed by atoms with E-state index in [1.54, 1.807) is 6.26 Å². The zero-order valence-corrected chi connectivity index (χ0v) is 5.95. The van der Waals surface area contributed by atoms with E-state index in [1.807, 2.05) is 43.3 Å². The molecule has 0 atom stereocenters. The molecular formula is C9H10O. The summed E-state index contributed by atoms with van der Waals surface area (Å²) in [4.78, 5) is 0. The zero-order chi connectivity index (χ0) is 7.23. The second-order valence-electron chi connectivity index (χ2n) is 1.90. The van der Waals surface area contributed by atoms with Crippen molar-refractivity contribution in [3.05, 3.63) is 42.7 Å². The van der Waals surface area contributed by atoms with E-state index in [9.17, 15) is 0 Å². The van der Waals surface area contributed by atoms with Crippen molar-refractivity contribution in [2.24, 2.45) is 0 Å². The Balaban J connectivity index is 2.59. The largest absolute Gasteiger partial charge is 0.465 e. The number of rotatable bonds is 2. The number of para-hydroxylation sites is 1. The molecule has 1 rings (SSSR count). The molecule has 1 heteroatoms. The SMILES string of the molecule is C/C=C/Oc1ccccc1. The first-order valence-corrected chi connectivity index (χ1v) is 3.26. The number of allylic oxidation sites excluding steroid dienone is 1. The standard InChI is InChI=1S/C9H10O/c1-2-8-10-9-6-4-3-5-7-9/h2-8H,1H3/b8-2+. The van der Waals surface area contributed by atoms with E-state index >= 15 is 0 Å². The van der Waals surface area contributed by atoms with Gasteiger partial charge >= 0.3 is 0 Å². The van der Waals surface area contributed by atoms with Gasteiger partial charge in [-0.25, -0.2) is 0 Å². The van der Waals surface area contributed by atoms with E-state index < -0.39 is 0 Å². The molecule has 0 spiro atoms. The number of hydrogen-bond acceptors (Lipinski definition) is 1. The Hall–Kier alpha value is -1.24. The fraction of sp³-hybridized carbons (Fsp3) is 0.111. The number of ether oxygens (including phenoxy) is 1. The van der Waals surface area contributed by atoms with Crippen LogP contribution >= 0.6 is 0 Å². The summed E-state index contributed by atoms with van der Waals surface area (Å²) in [5, 5.41) is 0. The minimum Gasteiger partial charge on any atom is -0.465 e. The van der Waals surface area contributed by atoms with Gasteiger partial charge in [-0.2, -0.15) is 0 Å². The zero-order valence-electron chi connectivity index (χ0n) is 5.95. The van der Waals surface area contributed by atoms with Crippen molar-refractivity contribution in [2.75, 3.05) is 0 Å². The first kappa shape index (κ1) is 6.87. The maximum absolute atomic E-state index is 5.17. The molecule has 10 heavy (non-hydrogen) atoms. The number of hydrogen-bond donors (Lipinski definition) is 0. The van der Waals surface area contributed by atoms with Crippen molar-refractivity contribution in [3.63, 3.8) is 0 Å². The van der Waals surface area contributed by atoms with Gasteiger partial charge in [0.2, 0.25) is 0 Å². The topological polar surface area (TPSA) is 9.23 Å². The lowest BCUT2D eigenvalue weighted by Crippen LogP contribution is -1.78. The monoisotopic (exact) mass is 134 g/mol. The van der Waals surface area contributed by atoms with Crippen LogP contribution in [0.15, 0.2) is 42.7 Å². The molecule has 0 heterocycles. The molecule has 1 nitrogen and oxygen atoms in total. The van der Waals surface area contributed by atoms with Gasteiger partial charge in [-0.1, -0.05) is 24.3 Å². The minimum absolute atomic E-state index is 0.876. The normalized spacial score (nSPS) is 10.1. The molecule has 0 radical (unpaired) electrons. The van der Waals surface area contributed by atoms with Crippen LogP contribution < -0.4 is 4.74 Å². The fourth-order valence-corrected chi connectivity index (χ4v) is 0.646. The first-order valence-electron chi connectivity index (χ1n) is 3.26. The van der Waals surface area contributed by atoms with Crippen LogP contribution in [0.3, 0.4) is 0 Å². The van der Waals surface area contributed by atoms with E-state index in [0.717, 1.165) is 5.75 Å². The van der Waals surface area contributed by atoms with Gasteiger partial charge in [0.25, 0.3) is 0 Å². The molecule has 1 aromatic carbocycles. The highest BCUT2D eigenvalue weighted by atomic mass is 16.5. The van der Waals surface area contributed by atoms with Crippen LogP contribution in [-0.2, 0) is 0 Å². The quantitative estimate of drug-likeness (QED) is 0.565. The maximum atomic E-state index is 5.17. The fourth-order valence-electron chi connectivity index (χ4n) is 0.646. The van der Waals surface area contributed by atoms with Crippen molar-refractivity contribution < 1.29 is 4.74 Å². The number of benzene rings is 1. The van der Waals surface area contributed by atoms with Gasteiger partial charge < -0.3 is 4.74 Å². The Morgan fingerprint density at radius 2 is 1.90 bits per heavy atom. The van der Waals surface area contributed by atoms with E-state index in [0.29, 0.717) is 0 Å². The minimum atomic E-state index is 0.876. The van der Waals surface area contributed by atoms with Crippen LogP contribution in [-0.4, -0.2) is 0 Å². The Bertz CT molecular complexity index is 201. The van der Waals surface area contributed by atoms with Crippen LogP contribution in [0.4, 0.5) is 0 Å². The maximum Gasteiger partial charge on any atom is 0.126 e. The second-order valence-corrected chi connectivity index (χ2v) is 1.90. The molecule has 0 aliphatic rings. The summed E-state index contributed by atoms with van der Waals surface area (Å²) in [5.41, 5.74) is 0. The summed E-state index contributed by atoms with van der Waals surface area (Å²) in [7, 11) is 0. The third kappa shape index (κ3) is 1.94. The van der Waals surface area contributed by atoms with Crippen LogP contribution in [0, 0.1) is 0 Å². The van der Waals surface area contributed by atoms with E-state index in [2.05, 4.69) is 0 Å². The van der Waals surface area contributed by atoms with Gasteiger partial charge in [0.1, 0.15) is 5.75 Å². The average Bonchev–Trinajstić information content (AvgIpc) is 2.03. The highest BCUT2D eigenvalue weighted by Crippen LogP contribution is 2.07. The summed E-state index contributed by atoms with van der Waals surface area (Å²) < 4.78 is 5.17. The van der Waals surface area contributed by atoms with Crippen LogP contribution in [0.5, 0.6) is 5.75 Å². The lowest BCUT2D eigenvalue weighted by molar-refractivity contribution is 0.480. The summed E-state index contributed by atoms with van der Waals surface area (Å²) in [6.45, 7) is 1.92. The average molecular weight is 134 g/mol. The van der Waals surface area contributed by atoms with E-state index in [-0.39, 0.29) is 0 Å². The third-order valence-electron chi connectivity index (χ3n) is 1.08. The van der Waals surface area contributed by atoms with Gasteiger partial charge in [-0.15, -0.1) is 0 Å². The molecule has 0 N–H and O–H groups in total. The Morgan fingerprint density at radius 1 is 1.20 bits per heavy atom. The molecular weight excluding hydrogens is 124 g/mol. The second kappa shape index (κ2) is 3.72. The highest BCUT2D eigenvalue weighted by Gasteiger charge is 1.83. The molecule has 0 aliphatic carbocycles. The van der Waals surface area contributed by atoms with Crippen LogP contribution in [0.1, 0.15) is 6.92 Å². The van der Waals surface area contributed by atoms with E-state index in [4.69, 9.17) is 4.74 Å². The first-order chi connectivity index (χ1) is 4.93. The van der Waals surface area contributed by atoms with Crippen LogP contribution in [0.25, 0.3) is 0 Å². The lowest BCUT2D eigenvalue weighted by Gasteiger charge is -1.96. The summed E-state index contributed by atoms with van der Waals surface area (Å²) >= 11 is 0. The van der Waals surface area contributed by atoms with Crippen molar-refractivity contribution in [3.8, 4) is 5.75 Å². The Labute approximate surface area is 61.0 Å².